The molecule has 2 aliphatic carbocycles. The van der Waals surface area contributed by atoms with Crippen molar-refractivity contribution >= 4 is 5.78 Å². The molecule has 0 aliphatic heterocycles. The summed E-state index contributed by atoms with van der Waals surface area (Å²) in [6, 6.07) is 0. The van der Waals surface area contributed by atoms with Gasteiger partial charge in [0.2, 0.25) is 0 Å². The van der Waals surface area contributed by atoms with Gasteiger partial charge in [0.25, 0.3) is 0 Å². The SMILES string of the molecule is O=C1C[C@@H]2CCC[C@H]12. The summed E-state index contributed by atoms with van der Waals surface area (Å²) in [6.07, 6.45) is 4.74. The van der Waals surface area contributed by atoms with Crippen LogP contribution >= 0.6 is 0 Å². The molecule has 44 valence electrons. The Morgan fingerprint density at radius 3 is 2.75 bits per heavy atom. The predicted molar refractivity (Wildman–Crippen MR) is 30.5 cm³/mol. The minimum atomic E-state index is 0.523. The van der Waals surface area contributed by atoms with Crippen molar-refractivity contribution in [3.63, 3.8) is 0 Å². The van der Waals surface area contributed by atoms with Crippen LogP contribution in [0.25, 0.3) is 0 Å². The average molecular weight is 110 g/mol. The number of hydrogen-bond donors (Lipinski definition) is 0. The second-order valence-corrected chi connectivity index (χ2v) is 2.97. The van der Waals surface area contributed by atoms with Gasteiger partial charge in [-0.2, -0.15) is 0 Å². The van der Waals surface area contributed by atoms with Gasteiger partial charge in [-0.05, 0) is 18.8 Å². The molecule has 2 atom stereocenters. The van der Waals surface area contributed by atoms with Crippen molar-refractivity contribution in [1.82, 2.24) is 0 Å². The molecule has 2 fully saturated rings. The summed E-state index contributed by atoms with van der Waals surface area (Å²) in [5.74, 6) is 1.88. The molecule has 0 N–H and O–H groups in total. The maximum absolute atomic E-state index is 10.7. The quantitative estimate of drug-likeness (QED) is 0.460. The maximum Gasteiger partial charge on any atom is 0.136 e. The first-order chi connectivity index (χ1) is 3.88. The van der Waals surface area contributed by atoms with Crippen LogP contribution in [-0.2, 0) is 4.79 Å². The van der Waals surface area contributed by atoms with Crippen LogP contribution in [0.4, 0.5) is 0 Å². The van der Waals surface area contributed by atoms with Gasteiger partial charge in [0.15, 0.2) is 0 Å². The number of rotatable bonds is 0. The highest BCUT2D eigenvalue weighted by Crippen LogP contribution is 2.43. The molecular formula is C7H10O. The third kappa shape index (κ3) is 0.396. The predicted octanol–water partition coefficient (Wildman–Crippen LogP) is 1.38. The molecule has 0 aromatic carbocycles. The second kappa shape index (κ2) is 1.34. The zero-order valence-corrected chi connectivity index (χ0v) is 4.89. The van der Waals surface area contributed by atoms with Gasteiger partial charge in [-0.3, -0.25) is 4.79 Å². The Bertz CT molecular complexity index is 128. The van der Waals surface area contributed by atoms with Gasteiger partial charge >= 0.3 is 0 Å². The zero-order chi connectivity index (χ0) is 5.56. The molecular weight excluding hydrogens is 100 g/mol. The third-order valence-electron chi connectivity index (χ3n) is 2.54. The standard InChI is InChI=1S/C7H10O/c8-7-4-5-2-1-3-6(5)7/h5-6H,1-4H2/t5-,6-/m0/s1. The van der Waals surface area contributed by atoms with E-state index < -0.39 is 0 Å². The van der Waals surface area contributed by atoms with E-state index in [1.54, 1.807) is 0 Å². The van der Waals surface area contributed by atoms with Crippen LogP contribution in [0.3, 0.4) is 0 Å². The molecule has 0 aromatic rings. The summed E-state index contributed by atoms with van der Waals surface area (Å²) in [5, 5.41) is 0. The van der Waals surface area contributed by atoms with Crippen LogP contribution in [0.1, 0.15) is 25.7 Å². The van der Waals surface area contributed by atoms with Crippen LogP contribution in [0.5, 0.6) is 0 Å². The first-order valence-electron chi connectivity index (χ1n) is 3.40. The van der Waals surface area contributed by atoms with Crippen LogP contribution in [-0.4, -0.2) is 5.78 Å². The van der Waals surface area contributed by atoms with Crippen molar-refractivity contribution in [1.29, 1.82) is 0 Å². The van der Waals surface area contributed by atoms with Crippen molar-refractivity contribution in [2.75, 3.05) is 0 Å². The average Bonchev–Trinajstić information content (AvgIpc) is 2.09. The fourth-order valence-corrected chi connectivity index (χ4v) is 1.95. The Labute approximate surface area is 49.1 Å². The lowest BCUT2D eigenvalue weighted by atomic mass is 9.75. The molecule has 0 spiro atoms. The monoisotopic (exact) mass is 110 g/mol. The lowest BCUT2D eigenvalue weighted by Gasteiger charge is -2.27. The molecule has 0 aromatic heterocycles. The van der Waals surface area contributed by atoms with E-state index in [0.29, 0.717) is 11.7 Å². The lowest BCUT2D eigenvalue weighted by Crippen LogP contribution is -2.32. The smallest absolute Gasteiger partial charge is 0.136 e. The Hall–Kier alpha value is -0.330. The largest absolute Gasteiger partial charge is 0.299 e. The third-order valence-corrected chi connectivity index (χ3v) is 2.54. The zero-order valence-electron chi connectivity index (χ0n) is 4.89. The van der Waals surface area contributed by atoms with E-state index in [1.807, 2.05) is 0 Å². The Morgan fingerprint density at radius 2 is 2.25 bits per heavy atom. The molecule has 1 heteroatoms. The number of carbonyl (C=O) groups excluding carboxylic acids is 1. The summed E-state index contributed by atoms with van der Waals surface area (Å²) in [5.41, 5.74) is 0. The molecule has 0 amide bonds. The highest BCUT2D eigenvalue weighted by Gasteiger charge is 2.42. The van der Waals surface area contributed by atoms with Gasteiger partial charge in [-0.1, -0.05) is 6.42 Å². The normalized spacial score (nSPS) is 43.8. The number of fused-ring (bicyclic) bond motifs is 1. The van der Waals surface area contributed by atoms with Crippen LogP contribution in [0.15, 0.2) is 0 Å². The molecule has 8 heavy (non-hydrogen) atoms. The summed E-state index contributed by atoms with van der Waals surface area (Å²) in [7, 11) is 0. The van der Waals surface area contributed by atoms with Gasteiger partial charge in [0, 0.05) is 12.3 Å². The highest BCUT2D eigenvalue weighted by atomic mass is 16.1. The molecule has 0 radical (unpaired) electrons. The molecule has 0 saturated heterocycles. The van der Waals surface area contributed by atoms with Crippen molar-refractivity contribution in [2.45, 2.75) is 25.7 Å². The molecule has 2 saturated carbocycles. The van der Waals surface area contributed by atoms with Crippen molar-refractivity contribution in [3.05, 3.63) is 0 Å². The number of Topliss-reactive ketones (excluding diaryl/α,β-unsaturated/α-hetero) is 1. The minimum Gasteiger partial charge on any atom is -0.299 e. The molecule has 0 heterocycles. The van der Waals surface area contributed by atoms with Gasteiger partial charge < -0.3 is 0 Å². The lowest BCUT2D eigenvalue weighted by molar-refractivity contribution is -0.132. The van der Waals surface area contributed by atoms with Gasteiger partial charge in [-0.15, -0.1) is 0 Å². The molecule has 1 nitrogen and oxygen atoms in total. The van der Waals surface area contributed by atoms with Crippen molar-refractivity contribution < 1.29 is 4.79 Å². The van der Waals surface area contributed by atoms with Gasteiger partial charge in [0.05, 0.1) is 0 Å². The summed E-state index contributed by atoms with van der Waals surface area (Å²) in [4.78, 5) is 10.7. The fraction of sp³-hybridized carbons (Fsp3) is 0.857. The van der Waals surface area contributed by atoms with Gasteiger partial charge in [-0.25, -0.2) is 0 Å². The van der Waals surface area contributed by atoms with E-state index in [1.165, 1.54) is 19.3 Å². The number of hydrogen-bond acceptors (Lipinski definition) is 1. The Balaban J connectivity index is 2.11. The topological polar surface area (TPSA) is 17.1 Å². The second-order valence-electron chi connectivity index (χ2n) is 2.97. The van der Waals surface area contributed by atoms with E-state index in [4.69, 9.17) is 0 Å². The van der Waals surface area contributed by atoms with E-state index in [0.717, 1.165) is 12.3 Å². The van der Waals surface area contributed by atoms with E-state index in [9.17, 15) is 4.79 Å². The van der Waals surface area contributed by atoms with Gasteiger partial charge in [0.1, 0.15) is 5.78 Å². The van der Waals surface area contributed by atoms with Crippen molar-refractivity contribution in [2.24, 2.45) is 11.8 Å². The first kappa shape index (κ1) is 4.54. The number of ketones is 1. The summed E-state index contributed by atoms with van der Waals surface area (Å²) in [6.45, 7) is 0. The first-order valence-corrected chi connectivity index (χ1v) is 3.40. The minimum absolute atomic E-state index is 0.523. The van der Waals surface area contributed by atoms with E-state index >= 15 is 0 Å². The Morgan fingerprint density at radius 1 is 1.38 bits per heavy atom. The molecule has 0 unspecified atom stereocenters. The molecule has 2 rings (SSSR count). The fourth-order valence-electron chi connectivity index (χ4n) is 1.95. The van der Waals surface area contributed by atoms with Crippen LogP contribution < -0.4 is 0 Å². The molecule has 2 aliphatic rings. The maximum atomic E-state index is 10.7. The molecule has 0 bridgehead atoms. The summed E-state index contributed by atoms with van der Waals surface area (Å²) >= 11 is 0. The van der Waals surface area contributed by atoms with Crippen LogP contribution in [0.2, 0.25) is 0 Å². The summed E-state index contributed by atoms with van der Waals surface area (Å²) < 4.78 is 0. The van der Waals surface area contributed by atoms with Crippen molar-refractivity contribution in [3.8, 4) is 0 Å². The Kier molecular flexibility index (Phi) is 0.758. The van der Waals surface area contributed by atoms with Crippen LogP contribution in [0, 0.1) is 11.8 Å². The highest BCUT2D eigenvalue weighted by molar-refractivity contribution is 5.87. The van der Waals surface area contributed by atoms with E-state index in [-0.39, 0.29) is 0 Å². The number of carbonyl (C=O) groups is 1. The van der Waals surface area contributed by atoms with E-state index in [2.05, 4.69) is 0 Å².